The van der Waals surface area contributed by atoms with Crippen molar-refractivity contribution in [3.8, 4) is 0 Å². The van der Waals surface area contributed by atoms with Gasteiger partial charge in [0, 0.05) is 18.8 Å². The zero-order chi connectivity index (χ0) is 21.9. The normalized spacial score (nSPS) is 15.0. The molecule has 2 aromatic carbocycles. The Morgan fingerprint density at radius 3 is 2.43 bits per heavy atom. The number of amides is 1. The number of ether oxygens (including phenoxy) is 1. The van der Waals surface area contributed by atoms with Crippen LogP contribution in [0.25, 0.3) is 0 Å². The van der Waals surface area contributed by atoms with Crippen molar-refractivity contribution in [2.24, 2.45) is 0 Å². The smallest absolute Gasteiger partial charge is 0.338 e. The number of sulfonamides is 1. The van der Waals surface area contributed by atoms with E-state index in [2.05, 4.69) is 4.72 Å². The Morgan fingerprint density at radius 2 is 1.77 bits per heavy atom. The third-order valence-corrected chi connectivity index (χ3v) is 5.98. The van der Waals surface area contributed by atoms with Crippen molar-refractivity contribution in [1.82, 2.24) is 4.90 Å². The van der Waals surface area contributed by atoms with Crippen LogP contribution in [0, 0.1) is 11.6 Å². The second-order valence-corrected chi connectivity index (χ2v) is 8.52. The van der Waals surface area contributed by atoms with Crippen LogP contribution in [0.15, 0.2) is 47.4 Å². The average Bonchev–Trinajstić information content (AvgIpc) is 3.24. The minimum Gasteiger partial charge on any atom is -0.449 e. The van der Waals surface area contributed by atoms with Crippen molar-refractivity contribution < 1.29 is 31.5 Å². The Bertz CT molecular complexity index is 1070. The van der Waals surface area contributed by atoms with Crippen molar-refractivity contribution in [3.05, 3.63) is 59.7 Å². The maximum absolute atomic E-state index is 13.4. The Hall–Kier alpha value is -3.01. The Morgan fingerprint density at radius 1 is 1.07 bits per heavy atom. The largest absolute Gasteiger partial charge is 0.449 e. The highest BCUT2D eigenvalue weighted by Gasteiger charge is 2.26. The van der Waals surface area contributed by atoms with Gasteiger partial charge < -0.3 is 9.64 Å². The van der Waals surface area contributed by atoms with E-state index < -0.39 is 38.6 Å². The summed E-state index contributed by atoms with van der Waals surface area (Å²) in [6.45, 7) is 2.73. The lowest BCUT2D eigenvalue weighted by atomic mass is 10.2. The van der Waals surface area contributed by atoms with Crippen LogP contribution in [0.3, 0.4) is 0 Å². The molecule has 1 aliphatic rings. The van der Waals surface area contributed by atoms with Crippen LogP contribution in [0.4, 0.5) is 14.5 Å². The summed E-state index contributed by atoms with van der Waals surface area (Å²) in [7, 11) is -4.21. The molecule has 0 radical (unpaired) electrons. The zero-order valence-electron chi connectivity index (χ0n) is 16.1. The number of benzene rings is 2. The van der Waals surface area contributed by atoms with Gasteiger partial charge in [0.1, 0.15) is 0 Å². The predicted molar refractivity (Wildman–Crippen MR) is 104 cm³/mol. The van der Waals surface area contributed by atoms with Crippen LogP contribution < -0.4 is 4.72 Å². The predicted octanol–water partition coefficient (Wildman–Crippen LogP) is 2.93. The number of carbonyl (C=O) groups is 2. The highest BCUT2D eigenvalue weighted by molar-refractivity contribution is 7.92. The van der Waals surface area contributed by atoms with Crippen LogP contribution in [-0.2, 0) is 19.6 Å². The highest BCUT2D eigenvalue weighted by Crippen LogP contribution is 2.20. The van der Waals surface area contributed by atoms with Gasteiger partial charge in [-0.3, -0.25) is 9.52 Å². The highest BCUT2D eigenvalue weighted by atomic mass is 32.2. The molecule has 7 nitrogen and oxygen atoms in total. The van der Waals surface area contributed by atoms with Gasteiger partial charge in [0.25, 0.3) is 15.9 Å². The number of carbonyl (C=O) groups excluding carboxylic acids is 2. The maximum Gasteiger partial charge on any atom is 0.338 e. The molecular formula is C20H20F2N2O5S. The molecule has 1 aliphatic heterocycles. The van der Waals surface area contributed by atoms with E-state index >= 15 is 0 Å². The lowest BCUT2D eigenvalue weighted by Gasteiger charge is -2.20. The standard InChI is InChI=1S/C20H20F2N2O5S/c1-13(19(25)24-9-2-3-10-24)29-20(26)14-5-4-6-15(11-14)23-30(27,28)16-7-8-17(21)18(22)12-16/h4-8,11-13,23H,2-3,9-10H2,1H3. The van der Waals surface area contributed by atoms with Gasteiger partial charge in [-0.15, -0.1) is 0 Å². The molecule has 1 unspecified atom stereocenters. The van der Waals surface area contributed by atoms with E-state index in [1.54, 1.807) is 4.90 Å². The first-order valence-electron chi connectivity index (χ1n) is 9.25. The fourth-order valence-corrected chi connectivity index (χ4v) is 4.10. The number of hydrogen-bond donors (Lipinski definition) is 1. The third kappa shape index (κ3) is 4.93. The van der Waals surface area contributed by atoms with E-state index in [0.717, 1.165) is 18.9 Å². The van der Waals surface area contributed by atoms with E-state index in [0.29, 0.717) is 25.2 Å². The molecule has 0 spiro atoms. The van der Waals surface area contributed by atoms with E-state index in [9.17, 15) is 26.8 Å². The van der Waals surface area contributed by atoms with Gasteiger partial charge in [0.15, 0.2) is 17.7 Å². The molecule has 1 N–H and O–H groups in total. The summed E-state index contributed by atoms with van der Waals surface area (Å²) in [6, 6.07) is 7.62. The first-order valence-corrected chi connectivity index (χ1v) is 10.7. The minimum atomic E-state index is -4.21. The number of esters is 1. The molecule has 0 aliphatic carbocycles. The van der Waals surface area contributed by atoms with Gasteiger partial charge in [0.2, 0.25) is 0 Å². The van der Waals surface area contributed by atoms with Crippen LogP contribution in [0.2, 0.25) is 0 Å². The molecule has 0 aromatic heterocycles. The molecule has 1 heterocycles. The van der Waals surface area contributed by atoms with Crippen molar-refractivity contribution in [2.45, 2.75) is 30.8 Å². The number of halogens is 2. The maximum atomic E-state index is 13.4. The van der Waals surface area contributed by atoms with Crippen LogP contribution in [0.5, 0.6) is 0 Å². The van der Waals surface area contributed by atoms with Gasteiger partial charge in [-0.1, -0.05) is 6.07 Å². The monoisotopic (exact) mass is 438 g/mol. The van der Waals surface area contributed by atoms with E-state index in [4.69, 9.17) is 4.74 Å². The van der Waals surface area contributed by atoms with Gasteiger partial charge in [-0.2, -0.15) is 0 Å². The number of likely N-dealkylation sites (tertiary alicyclic amines) is 1. The van der Waals surface area contributed by atoms with Gasteiger partial charge in [0.05, 0.1) is 10.5 Å². The Labute approximate surface area is 172 Å². The lowest BCUT2D eigenvalue weighted by Crippen LogP contribution is -2.38. The summed E-state index contributed by atoms with van der Waals surface area (Å²) in [6.07, 6.45) is 0.845. The zero-order valence-corrected chi connectivity index (χ0v) is 16.9. The van der Waals surface area contributed by atoms with Crippen LogP contribution in [-0.4, -0.2) is 44.4 Å². The molecule has 1 saturated heterocycles. The Balaban J connectivity index is 1.71. The van der Waals surface area contributed by atoms with E-state index in [-0.39, 0.29) is 17.2 Å². The fourth-order valence-electron chi connectivity index (χ4n) is 3.04. The third-order valence-electron chi connectivity index (χ3n) is 4.60. The van der Waals surface area contributed by atoms with Crippen LogP contribution in [0.1, 0.15) is 30.1 Å². The molecule has 160 valence electrons. The van der Waals surface area contributed by atoms with Crippen molar-refractivity contribution in [2.75, 3.05) is 17.8 Å². The molecule has 1 amide bonds. The molecule has 3 rings (SSSR count). The van der Waals surface area contributed by atoms with Gasteiger partial charge in [-0.25, -0.2) is 22.0 Å². The number of hydrogen-bond acceptors (Lipinski definition) is 5. The molecule has 30 heavy (non-hydrogen) atoms. The molecule has 0 saturated carbocycles. The topological polar surface area (TPSA) is 92.8 Å². The summed E-state index contributed by atoms with van der Waals surface area (Å²) in [5.74, 6) is -3.54. The first-order chi connectivity index (χ1) is 14.2. The van der Waals surface area contributed by atoms with E-state index in [1.165, 1.54) is 31.2 Å². The second-order valence-electron chi connectivity index (χ2n) is 6.84. The molecule has 0 bridgehead atoms. The first kappa shape index (κ1) is 21.7. The average molecular weight is 438 g/mol. The number of rotatable bonds is 6. The molecule has 1 fully saturated rings. The lowest BCUT2D eigenvalue weighted by molar-refractivity contribution is -0.138. The molecule has 10 heteroatoms. The van der Waals surface area contributed by atoms with Crippen molar-refractivity contribution >= 4 is 27.6 Å². The number of nitrogens with one attached hydrogen (secondary N) is 1. The fraction of sp³-hybridized carbons (Fsp3) is 0.300. The minimum absolute atomic E-state index is 0.0210. The summed E-state index contributed by atoms with van der Waals surface area (Å²) in [5, 5.41) is 0. The summed E-state index contributed by atoms with van der Waals surface area (Å²) in [5.41, 5.74) is 0.0502. The summed E-state index contributed by atoms with van der Waals surface area (Å²) in [4.78, 5) is 25.8. The number of nitrogens with zero attached hydrogens (tertiary/aromatic N) is 1. The summed E-state index contributed by atoms with van der Waals surface area (Å²) >= 11 is 0. The molecule has 2 aromatic rings. The quantitative estimate of drug-likeness (QED) is 0.700. The summed E-state index contributed by atoms with van der Waals surface area (Å²) < 4.78 is 58.6. The van der Waals surface area contributed by atoms with Crippen molar-refractivity contribution in [3.63, 3.8) is 0 Å². The Kier molecular flexibility index (Phi) is 6.35. The molecule has 1 atom stereocenters. The van der Waals surface area contributed by atoms with Gasteiger partial charge >= 0.3 is 5.97 Å². The molecular weight excluding hydrogens is 418 g/mol. The SMILES string of the molecule is CC(OC(=O)c1cccc(NS(=O)(=O)c2ccc(F)c(F)c2)c1)C(=O)N1CCCC1. The second kappa shape index (κ2) is 8.78. The van der Waals surface area contributed by atoms with E-state index in [1.807, 2.05) is 0 Å². The van der Waals surface area contributed by atoms with Crippen LogP contribution >= 0.6 is 0 Å². The number of anilines is 1. The van der Waals surface area contributed by atoms with Crippen molar-refractivity contribution in [1.29, 1.82) is 0 Å². The van der Waals surface area contributed by atoms with Gasteiger partial charge in [-0.05, 0) is 56.2 Å².